The number of urea groups is 1. The van der Waals surface area contributed by atoms with Crippen molar-refractivity contribution in [2.24, 2.45) is 0 Å². The minimum Gasteiger partial charge on any atom is -0.486 e. The number of imide groups is 1. The fraction of sp³-hybridized carbons (Fsp3) is 0.312. The lowest BCUT2D eigenvalue weighted by atomic mass is 10.2. The number of alkyl halides is 3. The number of amides is 3. The Morgan fingerprint density at radius 2 is 1.85 bits per heavy atom. The summed E-state index contributed by atoms with van der Waals surface area (Å²) in [6, 6.07) is 3.65. The number of hydrogen-bond acceptors (Lipinski definition) is 6. The van der Waals surface area contributed by atoms with Crippen LogP contribution in [0.4, 0.5) is 18.0 Å². The van der Waals surface area contributed by atoms with E-state index in [9.17, 15) is 27.6 Å². The molecule has 27 heavy (non-hydrogen) atoms. The zero-order valence-electron chi connectivity index (χ0n) is 13.8. The Morgan fingerprint density at radius 3 is 2.56 bits per heavy atom. The van der Waals surface area contributed by atoms with Crippen molar-refractivity contribution in [1.82, 2.24) is 10.6 Å². The van der Waals surface area contributed by atoms with Crippen LogP contribution in [0.3, 0.4) is 0 Å². The summed E-state index contributed by atoms with van der Waals surface area (Å²) < 4.78 is 51.1. The average molecular weight is 388 g/mol. The van der Waals surface area contributed by atoms with Gasteiger partial charge < -0.3 is 19.5 Å². The molecule has 1 aromatic carbocycles. The minimum atomic E-state index is -4.61. The minimum absolute atomic E-state index is 0.411. The van der Waals surface area contributed by atoms with Gasteiger partial charge in [-0.3, -0.25) is 10.1 Å². The van der Waals surface area contributed by atoms with Crippen molar-refractivity contribution < 1.29 is 41.8 Å². The molecule has 8 nitrogen and oxygen atoms in total. The molecule has 1 aromatic rings. The van der Waals surface area contributed by atoms with Gasteiger partial charge in [-0.05, 0) is 23.8 Å². The van der Waals surface area contributed by atoms with Crippen LogP contribution in [0.5, 0.6) is 11.5 Å². The van der Waals surface area contributed by atoms with Crippen molar-refractivity contribution in [3.05, 3.63) is 29.8 Å². The topological polar surface area (TPSA) is 103 Å². The Kier molecular flexibility index (Phi) is 6.63. The predicted molar refractivity (Wildman–Crippen MR) is 85.0 cm³/mol. The van der Waals surface area contributed by atoms with E-state index in [2.05, 4.69) is 4.74 Å². The van der Waals surface area contributed by atoms with E-state index in [4.69, 9.17) is 9.47 Å². The molecular weight excluding hydrogens is 373 g/mol. The highest BCUT2D eigenvalue weighted by Crippen LogP contribution is 2.31. The molecule has 2 N–H and O–H groups in total. The van der Waals surface area contributed by atoms with Crippen LogP contribution in [0, 0.1) is 0 Å². The van der Waals surface area contributed by atoms with Gasteiger partial charge in [0.1, 0.15) is 19.8 Å². The van der Waals surface area contributed by atoms with Crippen LogP contribution in [0.15, 0.2) is 24.3 Å². The van der Waals surface area contributed by atoms with E-state index in [0.29, 0.717) is 30.3 Å². The maximum atomic E-state index is 11.9. The van der Waals surface area contributed by atoms with Gasteiger partial charge in [-0.15, -0.1) is 0 Å². The fourth-order valence-corrected chi connectivity index (χ4v) is 1.90. The highest BCUT2D eigenvalue weighted by Gasteiger charge is 2.28. The largest absolute Gasteiger partial charge is 0.486 e. The van der Waals surface area contributed by atoms with E-state index in [0.717, 1.165) is 6.08 Å². The first-order chi connectivity index (χ1) is 12.7. The molecule has 3 amide bonds. The van der Waals surface area contributed by atoms with Gasteiger partial charge in [-0.2, -0.15) is 13.2 Å². The van der Waals surface area contributed by atoms with Crippen molar-refractivity contribution in [3.8, 4) is 11.5 Å². The lowest BCUT2D eigenvalue weighted by Crippen LogP contribution is -2.44. The number of hydrogen-bond donors (Lipinski definition) is 2. The maximum Gasteiger partial charge on any atom is 0.405 e. The Bertz CT molecular complexity index is 748. The Balaban J connectivity index is 1.74. The summed E-state index contributed by atoms with van der Waals surface area (Å²) in [5.74, 6) is -0.839. The third-order valence-corrected chi connectivity index (χ3v) is 3.03. The van der Waals surface area contributed by atoms with Gasteiger partial charge in [0.25, 0.3) is 5.91 Å². The normalized spacial score (nSPS) is 13.1. The molecule has 0 bridgehead atoms. The van der Waals surface area contributed by atoms with E-state index >= 15 is 0 Å². The summed E-state index contributed by atoms with van der Waals surface area (Å²) in [6.07, 6.45) is -2.15. The molecule has 1 heterocycles. The number of halogens is 3. The molecule has 0 radical (unpaired) electrons. The molecule has 0 saturated heterocycles. The molecular formula is C16H15F3N2O6. The molecule has 0 fully saturated rings. The van der Waals surface area contributed by atoms with E-state index < -0.39 is 37.2 Å². The number of fused-ring (bicyclic) bond motifs is 1. The van der Waals surface area contributed by atoms with Crippen LogP contribution in [-0.2, 0) is 14.3 Å². The SMILES string of the molecule is O=C(COC(=O)/C=C/c1ccc2c(c1)OCCO2)NC(=O)NCC(F)(F)F. The van der Waals surface area contributed by atoms with Crippen LogP contribution in [0.1, 0.15) is 5.56 Å². The molecule has 11 heteroatoms. The Labute approximate surface area is 151 Å². The highest BCUT2D eigenvalue weighted by atomic mass is 19.4. The first-order valence-electron chi connectivity index (χ1n) is 7.62. The van der Waals surface area contributed by atoms with Crippen LogP contribution in [-0.4, -0.2) is 50.4 Å². The first kappa shape index (κ1) is 20.1. The summed E-state index contributed by atoms with van der Waals surface area (Å²) in [6.45, 7) is -1.56. The Morgan fingerprint density at radius 1 is 1.15 bits per heavy atom. The number of ether oxygens (including phenoxy) is 3. The monoisotopic (exact) mass is 388 g/mol. The molecule has 1 aliphatic heterocycles. The zero-order chi connectivity index (χ0) is 19.9. The number of carbonyl (C=O) groups excluding carboxylic acids is 3. The Hall–Kier alpha value is -3.24. The number of carbonyl (C=O) groups is 3. The summed E-state index contributed by atoms with van der Waals surface area (Å²) in [4.78, 5) is 33.9. The fourth-order valence-electron chi connectivity index (χ4n) is 1.90. The predicted octanol–water partition coefficient (Wildman–Crippen LogP) is 1.40. The van der Waals surface area contributed by atoms with Crippen molar-refractivity contribution in [2.75, 3.05) is 26.4 Å². The van der Waals surface area contributed by atoms with E-state index in [-0.39, 0.29) is 0 Å². The third-order valence-electron chi connectivity index (χ3n) is 3.03. The number of esters is 1. The van der Waals surface area contributed by atoms with Crippen molar-refractivity contribution in [3.63, 3.8) is 0 Å². The van der Waals surface area contributed by atoms with Gasteiger partial charge in [0.2, 0.25) is 0 Å². The second-order valence-corrected chi connectivity index (χ2v) is 5.19. The van der Waals surface area contributed by atoms with Gasteiger partial charge in [0, 0.05) is 6.08 Å². The summed E-state index contributed by atoms with van der Waals surface area (Å²) in [5.41, 5.74) is 0.618. The second kappa shape index (κ2) is 8.92. The second-order valence-electron chi connectivity index (χ2n) is 5.19. The first-order valence-corrected chi connectivity index (χ1v) is 7.62. The molecule has 0 aromatic heterocycles. The van der Waals surface area contributed by atoms with Crippen molar-refractivity contribution in [2.45, 2.75) is 6.18 Å². The molecule has 0 spiro atoms. The molecule has 0 aliphatic carbocycles. The van der Waals surface area contributed by atoms with Gasteiger partial charge in [-0.1, -0.05) is 6.07 Å². The quantitative estimate of drug-likeness (QED) is 0.584. The molecule has 146 valence electrons. The van der Waals surface area contributed by atoms with E-state index in [1.54, 1.807) is 23.5 Å². The molecule has 0 saturated carbocycles. The highest BCUT2D eigenvalue weighted by molar-refractivity contribution is 5.96. The van der Waals surface area contributed by atoms with Crippen LogP contribution < -0.4 is 20.1 Å². The third kappa shape index (κ3) is 7.26. The smallest absolute Gasteiger partial charge is 0.405 e. The molecule has 0 unspecified atom stereocenters. The van der Waals surface area contributed by atoms with Gasteiger partial charge in [0.15, 0.2) is 18.1 Å². The number of rotatable bonds is 5. The summed E-state index contributed by atoms with van der Waals surface area (Å²) in [5, 5.41) is 3.04. The zero-order valence-corrected chi connectivity index (χ0v) is 13.8. The molecule has 2 rings (SSSR count). The maximum absolute atomic E-state index is 11.9. The van der Waals surface area contributed by atoms with Crippen LogP contribution in [0.25, 0.3) is 6.08 Å². The van der Waals surface area contributed by atoms with Crippen LogP contribution in [0.2, 0.25) is 0 Å². The van der Waals surface area contributed by atoms with Crippen molar-refractivity contribution in [1.29, 1.82) is 0 Å². The number of benzene rings is 1. The van der Waals surface area contributed by atoms with Crippen LogP contribution >= 0.6 is 0 Å². The molecule has 0 atom stereocenters. The van der Waals surface area contributed by atoms with E-state index in [1.807, 2.05) is 0 Å². The van der Waals surface area contributed by atoms with Gasteiger partial charge in [-0.25, -0.2) is 9.59 Å². The summed E-state index contributed by atoms with van der Waals surface area (Å²) >= 11 is 0. The van der Waals surface area contributed by atoms with E-state index in [1.165, 1.54) is 11.4 Å². The summed E-state index contributed by atoms with van der Waals surface area (Å²) in [7, 11) is 0. The standard InChI is InChI=1S/C16H15F3N2O6/c17-16(18,19)9-20-15(24)21-13(22)8-27-14(23)4-2-10-1-3-11-12(7-10)26-6-5-25-11/h1-4,7H,5-6,8-9H2,(H2,20,21,22,24)/b4-2+. The lowest BCUT2D eigenvalue weighted by Gasteiger charge is -2.18. The van der Waals surface area contributed by atoms with Crippen molar-refractivity contribution >= 4 is 24.0 Å². The van der Waals surface area contributed by atoms with Gasteiger partial charge in [0.05, 0.1) is 0 Å². The average Bonchev–Trinajstić information content (AvgIpc) is 2.62. The number of nitrogens with one attached hydrogen (secondary N) is 2. The van der Waals surface area contributed by atoms with Gasteiger partial charge >= 0.3 is 18.2 Å². The molecule has 1 aliphatic rings. The lowest BCUT2D eigenvalue weighted by molar-refractivity contribution is -0.143.